The molecule has 21 heavy (non-hydrogen) atoms. The molecule has 114 valence electrons. The molecule has 7 nitrogen and oxygen atoms in total. The van der Waals surface area contributed by atoms with Crippen molar-refractivity contribution >= 4 is 15.9 Å². The maximum absolute atomic E-state index is 12.5. The number of carbonyl (C=O) groups excluding carboxylic acids is 1. The molecule has 1 heterocycles. The van der Waals surface area contributed by atoms with Gasteiger partial charge in [-0.3, -0.25) is 4.79 Å². The standard InChI is InChI=1S/C13H18N4O3S/c1-4-17(9-13(18)16-10(2)3)21(19,20)12-6-5-7-15-11(12)8-14/h5-7,10H,4,9H2,1-3H3,(H,16,18). The Morgan fingerprint density at radius 1 is 1.52 bits per heavy atom. The molecule has 0 bridgehead atoms. The lowest BCUT2D eigenvalue weighted by molar-refractivity contribution is -0.121. The quantitative estimate of drug-likeness (QED) is 0.823. The number of amides is 1. The van der Waals surface area contributed by atoms with Gasteiger partial charge in [0.15, 0.2) is 5.69 Å². The number of pyridine rings is 1. The largest absolute Gasteiger partial charge is 0.353 e. The van der Waals surface area contributed by atoms with Gasteiger partial charge in [-0.1, -0.05) is 6.92 Å². The van der Waals surface area contributed by atoms with E-state index in [1.54, 1.807) is 26.8 Å². The van der Waals surface area contributed by atoms with Crippen LogP contribution in [0.5, 0.6) is 0 Å². The van der Waals surface area contributed by atoms with Crippen LogP contribution < -0.4 is 5.32 Å². The molecule has 0 saturated heterocycles. The molecular weight excluding hydrogens is 292 g/mol. The second kappa shape index (κ2) is 7.15. The van der Waals surface area contributed by atoms with Crippen LogP contribution in [0.3, 0.4) is 0 Å². The van der Waals surface area contributed by atoms with Crippen LogP contribution in [0.25, 0.3) is 0 Å². The highest BCUT2D eigenvalue weighted by Crippen LogP contribution is 2.17. The number of carbonyl (C=O) groups is 1. The monoisotopic (exact) mass is 310 g/mol. The summed E-state index contributed by atoms with van der Waals surface area (Å²) in [6.45, 7) is 5.03. The second-order valence-electron chi connectivity index (χ2n) is 4.62. The summed E-state index contributed by atoms with van der Waals surface area (Å²) in [4.78, 5) is 15.3. The smallest absolute Gasteiger partial charge is 0.246 e. The molecule has 0 aliphatic rings. The summed E-state index contributed by atoms with van der Waals surface area (Å²) in [6.07, 6.45) is 1.35. The Balaban J connectivity index is 3.09. The van der Waals surface area contributed by atoms with Gasteiger partial charge in [0.1, 0.15) is 11.0 Å². The van der Waals surface area contributed by atoms with Gasteiger partial charge in [0.2, 0.25) is 15.9 Å². The predicted molar refractivity (Wildman–Crippen MR) is 76.7 cm³/mol. The SMILES string of the molecule is CCN(CC(=O)NC(C)C)S(=O)(=O)c1cccnc1C#N. The zero-order valence-electron chi connectivity index (χ0n) is 12.2. The van der Waals surface area contributed by atoms with Crippen molar-refractivity contribution in [1.82, 2.24) is 14.6 Å². The van der Waals surface area contributed by atoms with Crippen molar-refractivity contribution in [1.29, 1.82) is 5.26 Å². The molecule has 1 N–H and O–H groups in total. The minimum absolute atomic E-state index is 0.0769. The van der Waals surface area contributed by atoms with Crippen molar-refractivity contribution in [2.24, 2.45) is 0 Å². The Labute approximate surface area is 124 Å². The van der Waals surface area contributed by atoms with Crippen LogP contribution >= 0.6 is 0 Å². The van der Waals surface area contributed by atoms with E-state index in [1.807, 2.05) is 0 Å². The fourth-order valence-electron chi connectivity index (χ4n) is 1.72. The van der Waals surface area contributed by atoms with Crippen LogP contribution in [0.1, 0.15) is 26.5 Å². The summed E-state index contributed by atoms with van der Waals surface area (Å²) in [5.41, 5.74) is -0.180. The Hall–Kier alpha value is -1.98. The van der Waals surface area contributed by atoms with Crippen molar-refractivity contribution in [2.45, 2.75) is 31.7 Å². The third-order valence-electron chi connectivity index (χ3n) is 2.62. The molecule has 8 heteroatoms. The lowest BCUT2D eigenvalue weighted by Crippen LogP contribution is -2.42. The minimum Gasteiger partial charge on any atom is -0.353 e. The first-order chi connectivity index (χ1) is 9.82. The molecule has 0 saturated carbocycles. The fourth-order valence-corrected chi connectivity index (χ4v) is 3.21. The third kappa shape index (κ3) is 4.24. The Morgan fingerprint density at radius 3 is 2.71 bits per heavy atom. The summed E-state index contributed by atoms with van der Waals surface area (Å²) < 4.78 is 26.1. The highest BCUT2D eigenvalue weighted by molar-refractivity contribution is 7.89. The maximum Gasteiger partial charge on any atom is 0.246 e. The average Bonchev–Trinajstić information content (AvgIpc) is 2.43. The molecule has 0 aliphatic carbocycles. The van der Waals surface area contributed by atoms with E-state index in [2.05, 4.69) is 10.3 Å². The first kappa shape index (κ1) is 17.1. The Morgan fingerprint density at radius 2 is 2.19 bits per heavy atom. The maximum atomic E-state index is 12.5. The number of nitrogens with zero attached hydrogens (tertiary/aromatic N) is 3. The van der Waals surface area contributed by atoms with E-state index in [1.165, 1.54) is 18.3 Å². The molecule has 0 atom stereocenters. The molecule has 0 fully saturated rings. The van der Waals surface area contributed by atoms with Crippen molar-refractivity contribution in [2.75, 3.05) is 13.1 Å². The number of nitriles is 1. The summed E-state index contributed by atoms with van der Waals surface area (Å²) >= 11 is 0. The van der Waals surface area contributed by atoms with Gasteiger partial charge in [-0.05, 0) is 26.0 Å². The number of aromatic nitrogens is 1. The van der Waals surface area contributed by atoms with Crippen molar-refractivity contribution < 1.29 is 13.2 Å². The molecule has 1 rings (SSSR count). The zero-order chi connectivity index (χ0) is 16.0. The van der Waals surface area contributed by atoms with Crippen LogP contribution in [-0.2, 0) is 14.8 Å². The van der Waals surface area contributed by atoms with Gasteiger partial charge >= 0.3 is 0 Å². The topological polar surface area (TPSA) is 103 Å². The normalized spacial score (nSPS) is 11.4. The molecule has 0 spiro atoms. The number of likely N-dealkylation sites (N-methyl/N-ethyl adjacent to an activating group) is 1. The van der Waals surface area contributed by atoms with Crippen molar-refractivity contribution in [3.8, 4) is 6.07 Å². The number of sulfonamides is 1. The predicted octanol–water partition coefficient (Wildman–Crippen LogP) is 0.488. The molecule has 0 aromatic carbocycles. The number of nitrogens with one attached hydrogen (secondary N) is 1. The van der Waals surface area contributed by atoms with E-state index >= 15 is 0 Å². The summed E-state index contributed by atoms with van der Waals surface area (Å²) in [7, 11) is -3.94. The van der Waals surface area contributed by atoms with Crippen LogP contribution in [-0.4, -0.2) is 42.7 Å². The van der Waals surface area contributed by atoms with E-state index < -0.39 is 15.9 Å². The number of hydrogen-bond donors (Lipinski definition) is 1. The zero-order valence-corrected chi connectivity index (χ0v) is 13.0. The van der Waals surface area contributed by atoms with Gasteiger partial charge in [-0.15, -0.1) is 0 Å². The van der Waals surface area contributed by atoms with Crippen LogP contribution in [0, 0.1) is 11.3 Å². The first-order valence-corrected chi connectivity index (χ1v) is 7.91. The molecule has 1 aromatic heterocycles. The van der Waals surface area contributed by atoms with E-state index in [-0.39, 0.29) is 29.7 Å². The van der Waals surface area contributed by atoms with E-state index in [9.17, 15) is 13.2 Å². The lowest BCUT2D eigenvalue weighted by Gasteiger charge is -2.21. The van der Waals surface area contributed by atoms with Gasteiger partial charge in [0.05, 0.1) is 6.54 Å². The average molecular weight is 310 g/mol. The molecular formula is C13H18N4O3S. The van der Waals surface area contributed by atoms with Crippen molar-refractivity contribution in [3.05, 3.63) is 24.0 Å². The summed E-state index contributed by atoms with van der Waals surface area (Å²) in [5.74, 6) is -0.391. The van der Waals surface area contributed by atoms with E-state index in [0.29, 0.717) is 0 Å². The minimum atomic E-state index is -3.94. The number of hydrogen-bond acceptors (Lipinski definition) is 5. The molecule has 0 radical (unpaired) electrons. The molecule has 0 unspecified atom stereocenters. The highest BCUT2D eigenvalue weighted by atomic mass is 32.2. The van der Waals surface area contributed by atoms with E-state index in [4.69, 9.17) is 5.26 Å². The van der Waals surface area contributed by atoms with Gasteiger partial charge in [0, 0.05) is 18.8 Å². The van der Waals surface area contributed by atoms with Gasteiger partial charge < -0.3 is 5.32 Å². The van der Waals surface area contributed by atoms with E-state index in [0.717, 1.165) is 4.31 Å². The third-order valence-corrected chi connectivity index (χ3v) is 4.57. The van der Waals surface area contributed by atoms with Gasteiger partial charge in [-0.25, -0.2) is 13.4 Å². The van der Waals surface area contributed by atoms with Crippen LogP contribution in [0.2, 0.25) is 0 Å². The summed E-state index contributed by atoms with van der Waals surface area (Å²) in [5, 5.41) is 11.6. The molecule has 1 aromatic rings. The molecule has 1 amide bonds. The Bertz CT molecular complexity index is 650. The molecule has 0 aliphatic heterocycles. The highest BCUT2D eigenvalue weighted by Gasteiger charge is 2.28. The van der Waals surface area contributed by atoms with Gasteiger partial charge in [0.25, 0.3) is 0 Å². The first-order valence-electron chi connectivity index (χ1n) is 6.47. The second-order valence-corrected chi connectivity index (χ2v) is 6.52. The van der Waals surface area contributed by atoms with Gasteiger partial charge in [-0.2, -0.15) is 9.57 Å². The summed E-state index contributed by atoms with van der Waals surface area (Å²) in [6, 6.07) is 4.42. The number of rotatable bonds is 6. The van der Waals surface area contributed by atoms with Crippen molar-refractivity contribution in [3.63, 3.8) is 0 Å². The lowest BCUT2D eigenvalue weighted by atomic mass is 10.4. The Kier molecular flexibility index (Phi) is 5.81. The fraction of sp³-hybridized carbons (Fsp3) is 0.462. The van der Waals surface area contributed by atoms with Crippen LogP contribution in [0.15, 0.2) is 23.2 Å². The van der Waals surface area contributed by atoms with Crippen LogP contribution in [0.4, 0.5) is 0 Å².